The van der Waals surface area contributed by atoms with E-state index < -0.39 is 23.1 Å². The van der Waals surface area contributed by atoms with Crippen LogP contribution in [0.2, 0.25) is 0 Å². The molecule has 6 heteroatoms. The van der Waals surface area contributed by atoms with E-state index in [2.05, 4.69) is 0 Å². The van der Waals surface area contributed by atoms with Crippen LogP contribution in [0.15, 0.2) is 35.6 Å². The molecule has 1 amide bonds. The summed E-state index contributed by atoms with van der Waals surface area (Å²) in [5, 5.41) is 10.6. The number of benzene rings is 1. The van der Waals surface area contributed by atoms with Crippen LogP contribution in [0, 0.1) is 5.41 Å². The second kappa shape index (κ2) is 7.35. The van der Waals surface area contributed by atoms with Crippen molar-refractivity contribution in [2.75, 3.05) is 20.3 Å². The molecule has 0 aromatic heterocycles. The Bertz CT molecular complexity index is 771. The lowest BCUT2D eigenvalue weighted by Crippen LogP contribution is -2.38. The number of hydrogen-bond donors (Lipinski definition) is 1. The van der Waals surface area contributed by atoms with Crippen LogP contribution in [0.3, 0.4) is 0 Å². The van der Waals surface area contributed by atoms with Gasteiger partial charge in [0.05, 0.1) is 24.8 Å². The fraction of sp³-hybridized carbons (Fsp3) is 0.524. The first-order valence-electron chi connectivity index (χ1n) is 9.29. The van der Waals surface area contributed by atoms with Gasteiger partial charge in [0, 0.05) is 24.1 Å². The van der Waals surface area contributed by atoms with E-state index in [0.29, 0.717) is 24.5 Å². The Hall–Kier alpha value is -2.34. The van der Waals surface area contributed by atoms with Gasteiger partial charge in [-0.1, -0.05) is 39.0 Å². The van der Waals surface area contributed by atoms with E-state index in [4.69, 9.17) is 9.47 Å². The van der Waals surface area contributed by atoms with Crippen molar-refractivity contribution >= 4 is 11.7 Å². The number of hydrogen-bond acceptors (Lipinski definition) is 5. The minimum atomic E-state index is -0.732. The maximum atomic E-state index is 13.1. The molecule has 1 saturated heterocycles. The summed E-state index contributed by atoms with van der Waals surface area (Å²) in [6.45, 7) is 6.33. The summed E-state index contributed by atoms with van der Waals surface area (Å²) >= 11 is 0. The number of aliphatic hydroxyl groups is 1. The molecule has 1 aromatic rings. The minimum Gasteiger partial charge on any atom is -0.503 e. The predicted molar refractivity (Wildman–Crippen MR) is 101 cm³/mol. The van der Waals surface area contributed by atoms with Gasteiger partial charge in [0.25, 0.3) is 5.91 Å². The van der Waals surface area contributed by atoms with E-state index >= 15 is 0 Å². The number of rotatable bonds is 5. The van der Waals surface area contributed by atoms with Crippen molar-refractivity contribution in [3.63, 3.8) is 0 Å². The zero-order chi connectivity index (χ0) is 19.8. The summed E-state index contributed by atoms with van der Waals surface area (Å²) in [5.74, 6) is -0.682. The molecule has 2 aliphatic heterocycles. The molecule has 1 fully saturated rings. The van der Waals surface area contributed by atoms with Crippen LogP contribution in [0.5, 0.6) is 5.75 Å². The molecule has 27 heavy (non-hydrogen) atoms. The highest BCUT2D eigenvalue weighted by atomic mass is 16.5. The number of Topliss-reactive ketones (excluding diaryl/α,β-unsaturated/α-hetero) is 1. The first kappa shape index (κ1) is 19.4. The van der Waals surface area contributed by atoms with Crippen LogP contribution in [-0.4, -0.2) is 48.1 Å². The highest BCUT2D eigenvalue weighted by molar-refractivity contribution is 6.10. The predicted octanol–water partition coefficient (Wildman–Crippen LogP) is 3.18. The molecule has 1 aromatic carbocycles. The van der Waals surface area contributed by atoms with Crippen LogP contribution in [-0.2, 0) is 14.3 Å². The van der Waals surface area contributed by atoms with Gasteiger partial charge in [0.15, 0.2) is 11.5 Å². The number of ether oxygens (including phenoxy) is 2. The van der Waals surface area contributed by atoms with Gasteiger partial charge in [0.2, 0.25) is 0 Å². The van der Waals surface area contributed by atoms with Crippen molar-refractivity contribution in [2.45, 2.75) is 45.8 Å². The molecule has 2 atom stereocenters. The van der Waals surface area contributed by atoms with Crippen molar-refractivity contribution in [3.05, 3.63) is 41.2 Å². The van der Waals surface area contributed by atoms with Crippen LogP contribution in [0.4, 0.5) is 0 Å². The van der Waals surface area contributed by atoms with Gasteiger partial charge in [-0.3, -0.25) is 9.59 Å². The van der Waals surface area contributed by atoms with Gasteiger partial charge in [0.1, 0.15) is 5.75 Å². The highest BCUT2D eigenvalue weighted by Gasteiger charge is 2.47. The molecular formula is C21H27NO5. The number of para-hydroxylation sites is 1. The summed E-state index contributed by atoms with van der Waals surface area (Å²) in [7, 11) is 1.55. The average molecular weight is 373 g/mol. The van der Waals surface area contributed by atoms with E-state index in [1.807, 2.05) is 18.2 Å². The Morgan fingerprint density at radius 2 is 2.04 bits per heavy atom. The van der Waals surface area contributed by atoms with Gasteiger partial charge in [-0.25, -0.2) is 0 Å². The molecular weight excluding hydrogens is 346 g/mol. The number of nitrogens with zero attached hydrogens (tertiary/aromatic N) is 1. The van der Waals surface area contributed by atoms with E-state index in [1.165, 1.54) is 0 Å². The molecule has 0 saturated carbocycles. The Labute approximate surface area is 159 Å². The molecule has 2 heterocycles. The maximum Gasteiger partial charge on any atom is 0.290 e. The molecule has 0 bridgehead atoms. The number of aliphatic hydroxyl groups excluding tert-OH is 1. The van der Waals surface area contributed by atoms with Crippen molar-refractivity contribution < 1.29 is 24.2 Å². The molecule has 6 nitrogen and oxygen atoms in total. The summed E-state index contributed by atoms with van der Waals surface area (Å²) < 4.78 is 11.2. The van der Waals surface area contributed by atoms with Gasteiger partial charge in [-0.05, 0) is 18.9 Å². The SMILES string of the molecule is COc1ccccc1C1C(C(=O)C(C)(C)C)=C(O)C(=O)N1CC1CCCO1. The van der Waals surface area contributed by atoms with E-state index in [9.17, 15) is 14.7 Å². The molecule has 2 unspecified atom stereocenters. The molecule has 0 aliphatic carbocycles. The summed E-state index contributed by atoms with van der Waals surface area (Å²) in [5.41, 5.74) is 0.0852. The van der Waals surface area contributed by atoms with E-state index in [0.717, 1.165) is 12.8 Å². The monoisotopic (exact) mass is 373 g/mol. The topological polar surface area (TPSA) is 76.1 Å². The molecule has 3 rings (SSSR count). The zero-order valence-corrected chi connectivity index (χ0v) is 16.3. The Morgan fingerprint density at radius 3 is 2.63 bits per heavy atom. The summed E-state index contributed by atoms with van der Waals surface area (Å²) in [4.78, 5) is 27.6. The summed E-state index contributed by atoms with van der Waals surface area (Å²) in [6, 6.07) is 6.59. The largest absolute Gasteiger partial charge is 0.503 e. The standard InChI is InChI=1S/C21H27NO5/c1-21(2,3)19(24)16-17(14-9-5-6-10-15(14)26-4)22(20(25)18(16)23)12-13-8-7-11-27-13/h5-6,9-10,13,17,23H,7-8,11-12H2,1-4H3. The number of methoxy groups -OCH3 is 1. The fourth-order valence-electron chi connectivity index (χ4n) is 3.70. The lowest BCUT2D eigenvalue weighted by molar-refractivity contribution is -0.131. The number of ketones is 1. The van der Waals surface area contributed by atoms with E-state index in [1.54, 1.807) is 38.8 Å². The third-order valence-electron chi connectivity index (χ3n) is 5.09. The van der Waals surface area contributed by atoms with Crippen molar-refractivity contribution in [3.8, 4) is 5.75 Å². The quantitative estimate of drug-likeness (QED) is 0.858. The molecule has 0 radical (unpaired) electrons. The maximum absolute atomic E-state index is 13.1. The highest BCUT2D eigenvalue weighted by Crippen LogP contribution is 2.44. The number of carbonyl (C=O) groups excluding carboxylic acids is 2. The van der Waals surface area contributed by atoms with Crippen molar-refractivity contribution in [2.24, 2.45) is 5.41 Å². The number of amides is 1. The first-order chi connectivity index (χ1) is 12.8. The van der Waals surface area contributed by atoms with Crippen LogP contribution in [0.25, 0.3) is 0 Å². The van der Waals surface area contributed by atoms with Gasteiger partial charge < -0.3 is 19.5 Å². The number of carbonyl (C=O) groups is 2. The second-order valence-corrected chi connectivity index (χ2v) is 8.08. The second-order valence-electron chi connectivity index (χ2n) is 8.08. The molecule has 2 aliphatic rings. The van der Waals surface area contributed by atoms with E-state index in [-0.39, 0.29) is 17.5 Å². The minimum absolute atomic E-state index is 0.0944. The lowest BCUT2D eigenvalue weighted by atomic mass is 9.82. The zero-order valence-electron chi connectivity index (χ0n) is 16.3. The Kier molecular flexibility index (Phi) is 5.29. The average Bonchev–Trinajstić information content (AvgIpc) is 3.22. The third kappa shape index (κ3) is 3.58. The Balaban J connectivity index is 2.09. The van der Waals surface area contributed by atoms with Crippen LogP contribution in [0.1, 0.15) is 45.2 Å². The molecule has 0 spiro atoms. The molecule has 1 N–H and O–H groups in total. The molecule has 146 valence electrons. The van der Waals surface area contributed by atoms with Crippen molar-refractivity contribution in [1.29, 1.82) is 0 Å². The van der Waals surface area contributed by atoms with Crippen LogP contribution < -0.4 is 4.74 Å². The van der Waals surface area contributed by atoms with Gasteiger partial charge in [-0.2, -0.15) is 0 Å². The van der Waals surface area contributed by atoms with Gasteiger partial charge >= 0.3 is 0 Å². The fourth-order valence-corrected chi connectivity index (χ4v) is 3.70. The summed E-state index contributed by atoms with van der Waals surface area (Å²) in [6.07, 6.45) is 1.70. The normalized spacial score (nSPS) is 23.3. The first-order valence-corrected chi connectivity index (χ1v) is 9.29. The lowest BCUT2D eigenvalue weighted by Gasteiger charge is -2.31. The van der Waals surface area contributed by atoms with Crippen molar-refractivity contribution in [1.82, 2.24) is 4.90 Å². The van der Waals surface area contributed by atoms with Gasteiger partial charge in [-0.15, -0.1) is 0 Å². The third-order valence-corrected chi connectivity index (χ3v) is 5.09. The smallest absolute Gasteiger partial charge is 0.290 e. The van der Waals surface area contributed by atoms with Crippen LogP contribution >= 0.6 is 0 Å². The Morgan fingerprint density at radius 1 is 1.33 bits per heavy atom.